The largest absolute Gasteiger partial charge is 0.495 e. The van der Waals surface area contributed by atoms with Crippen LogP contribution < -0.4 is 15.0 Å². The number of aromatic nitrogens is 1. The number of hydrogen-bond acceptors (Lipinski definition) is 4. The maximum absolute atomic E-state index is 12.8. The molecule has 0 aliphatic carbocycles. The van der Waals surface area contributed by atoms with Gasteiger partial charge < -0.3 is 19.5 Å². The van der Waals surface area contributed by atoms with E-state index in [2.05, 4.69) is 43.9 Å². The minimum Gasteiger partial charge on any atom is -0.495 e. The van der Waals surface area contributed by atoms with Crippen LogP contribution in [0.15, 0.2) is 60.7 Å². The number of carbonyl (C=O) groups excluding carboxylic acids is 1. The summed E-state index contributed by atoms with van der Waals surface area (Å²) in [6, 6.07) is 20.4. The van der Waals surface area contributed by atoms with Crippen LogP contribution in [0.4, 0.5) is 5.69 Å². The number of nitrogens with zero attached hydrogens (tertiary/aromatic N) is 3. The van der Waals surface area contributed by atoms with Gasteiger partial charge in [0.05, 0.1) is 18.4 Å². The number of hydrogen-bond donors (Lipinski definition) is 1. The van der Waals surface area contributed by atoms with Crippen molar-refractivity contribution in [2.45, 2.75) is 13.3 Å². The summed E-state index contributed by atoms with van der Waals surface area (Å²) in [5.41, 5.74) is 5.08. The van der Waals surface area contributed by atoms with Crippen molar-refractivity contribution in [2.75, 3.05) is 51.3 Å². The van der Waals surface area contributed by atoms with Gasteiger partial charge in [0.1, 0.15) is 5.75 Å². The molecule has 2 aromatic carbocycles. The zero-order valence-electron chi connectivity index (χ0n) is 19.9. The van der Waals surface area contributed by atoms with Gasteiger partial charge in [0.25, 0.3) is 5.91 Å². The van der Waals surface area contributed by atoms with Crippen LogP contribution in [0, 0.1) is 6.92 Å². The first-order valence-corrected chi connectivity index (χ1v) is 11.7. The molecule has 1 amide bonds. The lowest BCUT2D eigenvalue weighted by atomic mass is 10.1. The molecule has 3 aromatic rings. The van der Waals surface area contributed by atoms with Gasteiger partial charge in [-0.15, -0.1) is 0 Å². The Morgan fingerprint density at radius 2 is 1.70 bits per heavy atom. The Kier molecular flexibility index (Phi) is 7.35. The highest BCUT2D eigenvalue weighted by Gasteiger charge is 2.20. The summed E-state index contributed by atoms with van der Waals surface area (Å²) in [4.78, 5) is 17.7. The predicted octanol–water partition coefficient (Wildman–Crippen LogP) is 3.95. The lowest BCUT2D eigenvalue weighted by Crippen LogP contribution is -2.47. The number of carbonyl (C=O) groups is 1. The van der Waals surface area contributed by atoms with Crippen LogP contribution in [0.2, 0.25) is 0 Å². The Bertz CT molecular complexity index is 1070. The van der Waals surface area contributed by atoms with Crippen LogP contribution in [-0.2, 0) is 7.05 Å². The van der Waals surface area contributed by atoms with Crippen LogP contribution in [0.25, 0.3) is 11.3 Å². The summed E-state index contributed by atoms with van der Waals surface area (Å²) in [5, 5.41) is 3.12. The Morgan fingerprint density at radius 3 is 2.42 bits per heavy atom. The number of ether oxygens (including phenoxy) is 1. The highest BCUT2D eigenvalue weighted by molar-refractivity contribution is 5.97. The summed E-state index contributed by atoms with van der Waals surface area (Å²) in [6.07, 6.45) is 0.942. The van der Waals surface area contributed by atoms with Crippen molar-refractivity contribution in [3.8, 4) is 17.0 Å². The fourth-order valence-electron chi connectivity index (χ4n) is 4.52. The number of benzene rings is 2. The predicted molar refractivity (Wildman–Crippen MR) is 134 cm³/mol. The smallest absolute Gasteiger partial charge is 0.253 e. The molecule has 6 nitrogen and oxygen atoms in total. The standard InChI is InChI=1S/C27H34N4O2/c1-21-23(20-25(29(21)2)22-10-5-4-6-11-22)27(32)28-14-9-15-30-16-18-31(19-17-30)24-12-7-8-13-26(24)33-3/h4-8,10-13,20H,9,14-19H2,1-3H3,(H,28,32). The van der Waals surface area contributed by atoms with E-state index in [-0.39, 0.29) is 5.91 Å². The quantitative estimate of drug-likeness (QED) is 0.533. The fraction of sp³-hybridized carbons (Fsp3) is 0.370. The number of anilines is 1. The molecule has 0 unspecified atom stereocenters. The second-order valence-electron chi connectivity index (χ2n) is 8.56. The van der Waals surface area contributed by atoms with Gasteiger partial charge in [-0.05, 0) is 43.7 Å². The molecule has 0 radical (unpaired) electrons. The van der Waals surface area contributed by atoms with Gasteiger partial charge in [0.15, 0.2) is 0 Å². The van der Waals surface area contributed by atoms with E-state index in [0.29, 0.717) is 6.54 Å². The van der Waals surface area contributed by atoms with Gasteiger partial charge in [0.2, 0.25) is 0 Å². The molecule has 1 aromatic heterocycles. The van der Waals surface area contributed by atoms with E-state index in [4.69, 9.17) is 4.74 Å². The van der Waals surface area contributed by atoms with Crippen molar-refractivity contribution in [1.29, 1.82) is 0 Å². The molecule has 1 fully saturated rings. The molecule has 33 heavy (non-hydrogen) atoms. The molecule has 1 N–H and O–H groups in total. The van der Waals surface area contributed by atoms with Crippen molar-refractivity contribution in [3.05, 3.63) is 71.9 Å². The van der Waals surface area contributed by atoms with Crippen LogP contribution in [-0.4, -0.2) is 61.8 Å². The lowest BCUT2D eigenvalue weighted by molar-refractivity contribution is 0.0951. The van der Waals surface area contributed by atoms with Crippen molar-refractivity contribution >= 4 is 11.6 Å². The van der Waals surface area contributed by atoms with Crippen LogP contribution in [0.5, 0.6) is 5.75 Å². The van der Waals surface area contributed by atoms with Gasteiger partial charge in [-0.3, -0.25) is 9.69 Å². The molecular weight excluding hydrogens is 412 g/mol. The summed E-state index contributed by atoms with van der Waals surface area (Å²) < 4.78 is 7.60. The molecule has 1 saturated heterocycles. The second-order valence-corrected chi connectivity index (χ2v) is 8.56. The lowest BCUT2D eigenvalue weighted by Gasteiger charge is -2.36. The van der Waals surface area contributed by atoms with Crippen LogP contribution in [0.3, 0.4) is 0 Å². The molecule has 6 heteroatoms. The SMILES string of the molecule is COc1ccccc1N1CCN(CCCNC(=O)c2cc(-c3ccccc3)n(C)c2C)CC1. The minimum atomic E-state index is 0.00581. The molecule has 1 aliphatic rings. The third kappa shape index (κ3) is 5.22. The molecule has 0 bridgehead atoms. The van der Waals surface area contributed by atoms with E-state index < -0.39 is 0 Å². The zero-order valence-corrected chi connectivity index (χ0v) is 19.9. The van der Waals surface area contributed by atoms with Crippen molar-refractivity contribution < 1.29 is 9.53 Å². The van der Waals surface area contributed by atoms with E-state index in [0.717, 1.165) is 67.4 Å². The number of para-hydroxylation sites is 2. The number of nitrogens with one attached hydrogen (secondary N) is 1. The Labute approximate surface area is 196 Å². The normalized spacial score (nSPS) is 14.3. The van der Waals surface area contributed by atoms with Gasteiger partial charge in [-0.1, -0.05) is 42.5 Å². The summed E-state index contributed by atoms with van der Waals surface area (Å²) in [6.45, 7) is 7.68. The molecule has 0 spiro atoms. The average molecular weight is 447 g/mol. The summed E-state index contributed by atoms with van der Waals surface area (Å²) in [5.74, 6) is 0.937. The first-order valence-electron chi connectivity index (χ1n) is 11.7. The maximum Gasteiger partial charge on any atom is 0.253 e. The molecule has 0 atom stereocenters. The first-order chi connectivity index (χ1) is 16.1. The van der Waals surface area contributed by atoms with E-state index in [1.807, 2.05) is 50.4 Å². The van der Waals surface area contributed by atoms with E-state index in [9.17, 15) is 4.79 Å². The Hall–Kier alpha value is -3.25. The first kappa shape index (κ1) is 22.9. The van der Waals surface area contributed by atoms with Gasteiger partial charge in [-0.2, -0.15) is 0 Å². The average Bonchev–Trinajstić information content (AvgIpc) is 3.17. The van der Waals surface area contributed by atoms with Crippen LogP contribution >= 0.6 is 0 Å². The maximum atomic E-state index is 12.8. The number of rotatable bonds is 8. The van der Waals surface area contributed by atoms with Gasteiger partial charge in [-0.25, -0.2) is 0 Å². The van der Waals surface area contributed by atoms with Crippen LogP contribution in [0.1, 0.15) is 22.5 Å². The molecule has 2 heterocycles. The third-order valence-corrected chi connectivity index (χ3v) is 6.58. The summed E-state index contributed by atoms with van der Waals surface area (Å²) >= 11 is 0. The molecular formula is C27H34N4O2. The number of amides is 1. The topological polar surface area (TPSA) is 49.7 Å². The van der Waals surface area contributed by atoms with Crippen molar-refractivity contribution in [2.24, 2.45) is 7.05 Å². The zero-order chi connectivity index (χ0) is 23.2. The highest BCUT2D eigenvalue weighted by Crippen LogP contribution is 2.28. The number of piperazine rings is 1. The Balaban J connectivity index is 1.24. The van der Waals surface area contributed by atoms with Gasteiger partial charge >= 0.3 is 0 Å². The fourth-order valence-corrected chi connectivity index (χ4v) is 4.52. The van der Waals surface area contributed by atoms with Crippen molar-refractivity contribution in [3.63, 3.8) is 0 Å². The molecule has 1 aliphatic heterocycles. The molecule has 0 saturated carbocycles. The van der Waals surface area contributed by atoms with E-state index in [1.165, 1.54) is 5.69 Å². The number of methoxy groups -OCH3 is 1. The van der Waals surface area contributed by atoms with E-state index >= 15 is 0 Å². The highest BCUT2D eigenvalue weighted by atomic mass is 16.5. The monoisotopic (exact) mass is 446 g/mol. The van der Waals surface area contributed by atoms with E-state index in [1.54, 1.807) is 7.11 Å². The Morgan fingerprint density at radius 1 is 1.00 bits per heavy atom. The summed E-state index contributed by atoms with van der Waals surface area (Å²) in [7, 11) is 3.74. The van der Waals surface area contributed by atoms with Crippen molar-refractivity contribution in [1.82, 2.24) is 14.8 Å². The van der Waals surface area contributed by atoms with Gasteiger partial charge in [0, 0.05) is 51.2 Å². The second kappa shape index (κ2) is 10.6. The minimum absolute atomic E-state index is 0.00581. The molecule has 4 rings (SSSR count). The third-order valence-electron chi connectivity index (χ3n) is 6.58. The molecule has 174 valence electrons.